The Morgan fingerprint density at radius 2 is 2.14 bits per heavy atom. The summed E-state index contributed by atoms with van der Waals surface area (Å²) in [5, 5.41) is 10.7. The van der Waals surface area contributed by atoms with Gasteiger partial charge in [0.1, 0.15) is 5.75 Å². The minimum absolute atomic E-state index is 0.358. The van der Waals surface area contributed by atoms with Crippen molar-refractivity contribution in [1.82, 2.24) is 5.32 Å². The van der Waals surface area contributed by atoms with Gasteiger partial charge in [0.25, 0.3) is 0 Å². The van der Waals surface area contributed by atoms with Gasteiger partial charge >= 0.3 is 5.91 Å². The number of nitriles is 1. The summed E-state index contributed by atoms with van der Waals surface area (Å²) in [6.07, 6.45) is 0. The van der Waals surface area contributed by atoms with Crippen molar-refractivity contribution in [2.24, 2.45) is 0 Å². The predicted molar refractivity (Wildman–Crippen MR) is 50.5 cm³/mol. The zero-order valence-corrected chi connectivity index (χ0v) is 7.78. The Morgan fingerprint density at radius 1 is 1.50 bits per heavy atom. The number of nitrogens with one attached hydrogen (secondary N) is 1. The van der Waals surface area contributed by atoms with Crippen LogP contribution in [0.3, 0.4) is 0 Å². The highest BCUT2D eigenvalue weighted by molar-refractivity contribution is 5.91. The fraction of sp³-hybridized carbons (Fsp3) is 0.200. The largest absolute Gasteiger partial charge is 0.497 e. The van der Waals surface area contributed by atoms with Crippen molar-refractivity contribution in [1.29, 1.82) is 5.26 Å². The van der Waals surface area contributed by atoms with Gasteiger partial charge in [-0.2, -0.15) is 5.26 Å². The van der Waals surface area contributed by atoms with Gasteiger partial charge in [0.2, 0.25) is 0 Å². The average molecular weight is 190 g/mol. The molecule has 4 heteroatoms. The number of hydrogen-bond acceptors (Lipinski definition) is 3. The maximum Gasteiger partial charge on any atom is 0.322 e. The lowest BCUT2D eigenvalue weighted by atomic mass is 10.2. The number of methoxy groups -OCH3 is 1. The number of rotatable bonds is 3. The third-order valence-electron chi connectivity index (χ3n) is 1.71. The van der Waals surface area contributed by atoms with E-state index in [9.17, 15) is 4.79 Å². The summed E-state index contributed by atoms with van der Waals surface area (Å²) in [6, 6.07) is 8.74. The molecule has 0 radical (unpaired) electrons. The molecule has 0 aliphatic rings. The molecule has 0 saturated heterocycles. The topological polar surface area (TPSA) is 62.1 Å². The molecule has 0 unspecified atom stereocenters. The molecule has 0 atom stereocenters. The number of amides is 1. The Hall–Kier alpha value is -2.02. The van der Waals surface area contributed by atoms with Crippen LogP contribution in [0.5, 0.6) is 5.75 Å². The van der Waals surface area contributed by atoms with Gasteiger partial charge in [0, 0.05) is 6.54 Å². The quantitative estimate of drug-likeness (QED) is 0.718. The van der Waals surface area contributed by atoms with E-state index in [1.807, 2.05) is 12.1 Å². The molecular formula is C10H10N2O2. The van der Waals surface area contributed by atoms with Crippen molar-refractivity contribution in [3.63, 3.8) is 0 Å². The fourth-order valence-corrected chi connectivity index (χ4v) is 0.965. The van der Waals surface area contributed by atoms with Crippen LogP contribution in [0.2, 0.25) is 0 Å². The highest BCUT2D eigenvalue weighted by Gasteiger charge is 1.98. The molecule has 1 amide bonds. The molecule has 1 aromatic carbocycles. The molecule has 1 aromatic rings. The van der Waals surface area contributed by atoms with Gasteiger partial charge in [-0.05, 0) is 17.7 Å². The monoisotopic (exact) mass is 190 g/mol. The minimum Gasteiger partial charge on any atom is -0.497 e. The first-order valence-corrected chi connectivity index (χ1v) is 4.07. The van der Waals surface area contributed by atoms with Crippen LogP contribution in [0, 0.1) is 11.3 Å². The third kappa shape index (κ3) is 2.79. The van der Waals surface area contributed by atoms with E-state index in [1.54, 1.807) is 19.2 Å². The van der Waals surface area contributed by atoms with Gasteiger partial charge in [0.15, 0.2) is 6.07 Å². The van der Waals surface area contributed by atoms with Gasteiger partial charge in [-0.25, -0.2) is 0 Å². The molecule has 1 rings (SSSR count). The second-order valence-electron chi connectivity index (χ2n) is 2.64. The van der Waals surface area contributed by atoms with Gasteiger partial charge in [-0.15, -0.1) is 0 Å². The molecule has 0 bridgehead atoms. The van der Waals surface area contributed by atoms with Crippen molar-refractivity contribution in [2.75, 3.05) is 7.11 Å². The van der Waals surface area contributed by atoms with Crippen molar-refractivity contribution in [2.45, 2.75) is 6.54 Å². The number of ether oxygens (including phenoxy) is 1. The number of carbonyl (C=O) groups is 1. The second-order valence-corrected chi connectivity index (χ2v) is 2.64. The molecule has 72 valence electrons. The van der Waals surface area contributed by atoms with Gasteiger partial charge in [-0.3, -0.25) is 4.79 Å². The molecule has 0 aliphatic carbocycles. The van der Waals surface area contributed by atoms with Crippen LogP contribution in [0.15, 0.2) is 24.3 Å². The summed E-state index contributed by atoms with van der Waals surface area (Å²) >= 11 is 0. The molecule has 4 nitrogen and oxygen atoms in total. The molecule has 0 fully saturated rings. The zero-order valence-electron chi connectivity index (χ0n) is 7.78. The summed E-state index contributed by atoms with van der Waals surface area (Å²) in [5.74, 6) is 0.140. The van der Waals surface area contributed by atoms with Crippen LogP contribution in [-0.2, 0) is 11.3 Å². The maximum absolute atomic E-state index is 10.6. The molecular weight excluding hydrogens is 180 g/mol. The molecule has 0 aliphatic heterocycles. The van der Waals surface area contributed by atoms with Crippen LogP contribution < -0.4 is 10.1 Å². The summed E-state index contributed by atoms with van der Waals surface area (Å²) in [4.78, 5) is 10.6. The van der Waals surface area contributed by atoms with E-state index < -0.39 is 5.91 Å². The number of nitrogens with zero attached hydrogens (tertiary/aromatic N) is 1. The highest BCUT2D eigenvalue weighted by Crippen LogP contribution is 2.10. The Balaban J connectivity index is 2.53. The lowest BCUT2D eigenvalue weighted by Crippen LogP contribution is -2.20. The minimum atomic E-state index is -0.624. The molecule has 0 heterocycles. The molecule has 14 heavy (non-hydrogen) atoms. The van der Waals surface area contributed by atoms with Gasteiger partial charge in [-0.1, -0.05) is 12.1 Å². The van der Waals surface area contributed by atoms with E-state index >= 15 is 0 Å². The van der Waals surface area contributed by atoms with Crippen LogP contribution in [-0.4, -0.2) is 13.0 Å². The Labute approximate surface area is 82.1 Å². The smallest absolute Gasteiger partial charge is 0.322 e. The van der Waals surface area contributed by atoms with E-state index in [1.165, 1.54) is 6.07 Å². The molecule has 1 N–H and O–H groups in total. The van der Waals surface area contributed by atoms with E-state index in [0.29, 0.717) is 6.54 Å². The Morgan fingerprint density at radius 3 is 2.64 bits per heavy atom. The van der Waals surface area contributed by atoms with Crippen LogP contribution >= 0.6 is 0 Å². The van der Waals surface area contributed by atoms with Crippen LogP contribution in [0.4, 0.5) is 0 Å². The van der Waals surface area contributed by atoms with Crippen LogP contribution in [0.1, 0.15) is 5.56 Å². The van der Waals surface area contributed by atoms with E-state index in [2.05, 4.69) is 5.32 Å². The fourth-order valence-electron chi connectivity index (χ4n) is 0.965. The Kier molecular flexibility index (Phi) is 3.50. The number of benzene rings is 1. The summed E-state index contributed by atoms with van der Waals surface area (Å²) in [6.45, 7) is 0.358. The summed E-state index contributed by atoms with van der Waals surface area (Å²) in [7, 11) is 1.59. The van der Waals surface area contributed by atoms with E-state index in [-0.39, 0.29) is 0 Å². The van der Waals surface area contributed by atoms with Gasteiger partial charge in [0.05, 0.1) is 7.11 Å². The summed E-state index contributed by atoms with van der Waals surface area (Å²) in [5.41, 5.74) is 0.925. The lowest BCUT2D eigenvalue weighted by molar-refractivity contribution is -0.116. The molecule has 0 saturated carbocycles. The van der Waals surface area contributed by atoms with E-state index in [0.717, 1.165) is 11.3 Å². The summed E-state index contributed by atoms with van der Waals surface area (Å²) < 4.78 is 4.98. The number of hydrogen-bond donors (Lipinski definition) is 1. The Bertz CT molecular complexity index is 351. The first kappa shape index (κ1) is 10.1. The van der Waals surface area contributed by atoms with Crippen molar-refractivity contribution in [3.05, 3.63) is 29.8 Å². The normalized spacial score (nSPS) is 8.86. The van der Waals surface area contributed by atoms with Gasteiger partial charge < -0.3 is 10.1 Å². The average Bonchev–Trinajstić information content (AvgIpc) is 2.26. The first-order chi connectivity index (χ1) is 6.76. The van der Waals surface area contributed by atoms with Crippen LogP contribution in [0.25, 0.3) is 0 Å². The second kappa shape index (κ2) is 4.87. The maximum atomic E-state index is 10.6. The highest BCUT2D eigenvalue weighted by atomic mass is 16.5. The number of carbonyl (C=O) groups excluding carboxylic acids is 1. The molecule has 0 spiro atoms. The third-order valence-corrected chi connectivity index (χ3v) is 1.71. The van der Waals surface area contributed by atoms with Crippen molar-refractivity contribution < 1.29 is 9.53 Å². The SMILES string of the molecule is COc1ccc(CNC(=O)C#N)cc1. The zero-order chi connectivity index (χ0) is 10.4. The van der Waals surface area contributed by atoms with E-state index in [4.69, 9.17) is 10.00 Å². The first-order valence-electron chi connectivity index (χ1n) is 4.07. The lowest BCUT2D eigenvalue weighted by Gasteiger charge is -2.02. The molecule has 0 aromatic heterocycles. The predicted octanol–water partition coefficient (Wildman–Crippen LogP) is 0.835. The van der Waals surface area contributed by atoms with Crippen molar-refractivity contribution >= 4 is 5.91 Å². The van der Waals surface area contributed by atoms with Crippen molar-refractivity contribution in [3.8, 4) is 11.8 Å². The standard InChI is InChI=1S/C10H10N2O2/c1-14-9-4-2-8(3-5-9)7-12-10(13)6-11/h2-5H,7H2,1H3,(H,12,13).